The highest BCUT2D eigenvalue weighted by Crippen LogP contribution is 2.34. The summed E-state index contributed by atoms with van der Waals surface area (Å²) in [6.45, 7) is 0.172. The number of piperidine rings is 1. The third kappa shape index (κ3) is 5.72. The summed E-state index contributed by atoms with van der Waals surface area (Å²) in [6, 6.07) is 7.77. The maximum absolute atomic E-state index is 15.0. The monoisotopic (exact) mass is 468 g/mol. The van der Waals surface area contributed by atoms with Gasteiger partial charge < -0.3 is 19.5 Å². The number of aromatic nitrogens is 2. The zero-order valence-corrected chi connectivity index (χ0v) is 19.2. The summed E-state index contributed by atoms with van der Waals surface area (Å²) in [5, 5.41) is 8.70. The van der Waals surface area contributed by atoms with Crippen LogP contribution in [0.2, 0.25) is 0 Å². The van der Waals surface area contributed by atoms with Gasteiger partial charge in [0.2, 0.25) is 0 Å². The van der Waals surface area contributed by atoms with Crippen molar-refractivity contribution in [3.8, 4) is 5.75 Å². The first kappa shape index (κ1) is 23.7. The molecule has 2 aliphatic rings. The number of ether oxygens (including phenoxy) is 2. The van der Waals surface area contributed by atoms with E-state index in [1.54, 1.807) is 19.5 Å². The van der Waals surface area contributed by atoms with Crippen molar-refractivity contribution in [2.24, 2.45) is 0 Å². The minimum Gasteiger partial charge on any atom is -0.497 e. The Morgan fingerprint density at radius 1 is 1.21 bits per heavy atom. The van der Waals surface area contributed by atoms with E-state index in [9.17, 15) is 4.79 Å². The lowest BCUT2D eigenvalue weighted by Gasteiger charge is -2.37. The fourth-order valence-electron chi connectivity index (χ4n) is 4.12. The predicted octanol–water partition coefficient (Wildman–Crippen LogP) is 4.27. The smallest absolute Gasteiger partial charge is 0.329 e. The van der Waals surface area contributed by atoms with Crippen LogP contribution in [0.15, 0.2) is 60.6 Å². The van der Waals surface area contributed by atoms with E-state index in [2.05, 4.69) is 28.1 Å². The Labute approximate surface area is 198 Å². The molecule has 1 N–H and O–H groups in total. The van der Waals surface area contributed by atoms with Gasteiger partial charge in [-0.3, -0.25) is 9.88 Å². The Morgan fingerprint density at radius 2 is 1.97 bits per heavy atom. The van der Waals surface area contributed by atoms with Crippen LogP contribution in [0, 0.1) is 0 Å². The molecule has 1 aliphatic carbocycles. The third-order valence-electron chi connectivity index (χ3n) is 5.97. The van der Waals surface area contributed by atoms with Crippen molar-refractivity contribution in [1.29, 1.82) is 0 Å². The van der Waals surface area contributed by atoms with Gasteiger partial charge in [-0.2, -0.15) is 0 Å². The highest BCUT2D eigenvalue weighted by molar-refractivity contribution is 5.69. The van der Waals surface area contributed by atoms with E-state index in [4.69, 9.17) is 19.6 Å². The molecule has 2 aromatic rings. The summed E-state index contributed by atoms with van der Waals surface area (Å²) in [5.74, 6) is 1.01. The summed E-state index contributed by atoms with van der Waals surface area (Å²) >= 11 is 0. The van der Waals surface area contributed by atoms with Gasteiger partial charge in [-0.05, 0) is 43.2 Å². The molecule has 0 unspecified atom stereocenters. The number of hydrogen-bond acceptors (Lipinski definition) is 7. The third-order valence-corrected chi connectivity index (χ3v) is 5.97. The number of carbonyl (C=O) groups is 1. The molecule has 0 amide bonds. The molecule has 1 aromatic carbocycles. The molecular weight excluding hydrogens is 439 g/mol. The van der Waals surface area contributed by atoms with Crippen LogP contribution >= 0.6 is 0 Å². The molecule has 9 heteroatoms. The Bertz CT molecular complexity index is 1050. The molecule has 0 radical (unpaired) electrons. The average Bonchev–Trinajstić information content (AvgIpc) is 2.86. The van der Waals surface area contributed by atoms with Gasteiger partial charge in [0.25, 0.3) is 0 Å². The molecule has 1 aromatic heterocycles. The average molecular weight is 469 g/mol. The van der Waals surface area contributed by atoms with Crippen LogP contribution in [0.25, 0.3) is 0 Å². The van der Waals surface area contributed by atoms with Gasteiger partial charge in [-0.25, -0.2) is 14.2 Å². The summed E-state index contributed by atoms with van der Waals surface area (Å²) in [6.07, 6.45) is 12.2. The van der Waals surface area contributed by atoms with Crippen LogP contribution in [-0.4, -0.2) is 60.1 Å². The van der Waals surface area contributed by atoms with E-state index in [1.165, 1.54) is 0 Å². The number of aliphatic carboxylic acids is 1. The lowest BCUT2D eigenvalue weighted by atomic mass is 9.94. The van der Waals surface area contributed by atoms with Gasteiger partial charge in [0.15, 0.2) is 5.82 Å². The predicted molar refractivity (Wildman–Crippen MR) is 127 cm³/mol. The van der Waals surface area contributed by atoms with E-state index < -0.39 is 18.2 Å². The number of hydrogen-bond donors (Lipinski definition) is 1. The van der Waals surface area contributed by atoms with E-state index in [1.807, 2.05) is 29.2 Å². The van der Waals surface area contributed by atoms with Crippen LogP contribution in [-0.2, 0) is 9.53 Å². The number of rotatable bonds is 9. The number of alkyl halides is 1. The first-order valence-electron chi connectivity index (χ1n) is 11.3. The van der Waals surface area contributed by atoms with Crippen LogP contribution in [0.3, 0.4) is 0 Å². The van der Waals surface area contributed by atoms with Crippen LogP contribution < -0.4 is 14.5 Å². The molecule has 4 rings (SSSR count). The molecule has 1 aliphatic heterocycles. The summed E-state index contributed by atoms with van der Waals surface area (Å²) in [7, 11) is 1.64. The normalized spacial score (nSPS) is 17.2. The molecule has 0 saturated carbocycles. The number of halogens is 1. The van der Waals surface area contributed by atoms with Crippen LogP contribution in [0.1, 0.15) is 25.7 Å². The molecule has 8 nitrogen and oxygen atoms in total. The van der Waals surface area contributed by atoms with Crippen LogP contribution in [0.5, 0.6) is 5.75 Å². The lowest BCUT2D eigenvalue weighted by molar-refractivity contribution is -0.144. The van der Waals surface area contributed by atoms with Crippen molar-refractivity contribution in [3.05, 3.63) is 60.6 Å². The molecule has 180 valence electrons. The molecule has 0 bridgehead atoms. The van der Waals surface area contributed by atoms with Gasteiger partial charge in [0.1, 0.15) is 23.8 Å². The Balaban J connectivity index is 1.53. The summed E-state index contributed by atoms with van der Waals surface area (Å²) in [5.41, 5.74) is 0.408. The summed E-state index contributed by atoms with van der Waals surface area (Å²) < 4.78 is 25.3. The second-order valence-corrected chi connectivity index (χ2v) is 8.40. The van der Waals surface area contributed by atoms with Crippen LogP contribution in [0.4, 0.5) is 21.7 Å². The standard InChI is InChI=1S/C25H29FN4O4/c1-33-21-9-7-20(8-10-21)30(19-5-3-2-4-6-19)23-16-27-15-22(28-23)29-13-11-25(26,12-14-29)18-34-17-24(31)32/h3,5-10,15-16H,2,4,11-14,17-18H2,1H3,(H,31,32). The fourth-order valence-corrected chi connectivity index (χ4v) is 4.12. The van der Waals surface area contributed by atoms with E-state index in [-0.39, 0.29) is 19.4 Å². The number of anilines is 3. The van der Waals surface area contributed by atoms with E-state index >= 15 is 4.39 Å². The van der Waals surface area contributed by atoms with Crippen molar-refractivity contribution in [2.45, 2.75) is 31.4 Å². The summed E-state index contributed by atoms with van der Waals surface area (Å²) in [4.78, 5) is 24.0. The molecule has 1 saturated heterocycles. The number of nitrogens with zero attached hydrogens (tertiary/aromatic N) is 4. The van der Waals surface area contributed by atoms with Gasteiger partial charge in [0, 0.05) is 37.3 Å². The SMILES string of the molecule is COc1ccc(N(C2=CCCC=C2)c2cncc(N3CCC(F)(COCC(=O)O)CC3)n2)cc1. The van der Waals surface area contributed by atoms with E-state index in [0.29, 0.717) is 24.7 Å². The number of allylic oxidation sites excluding steroid dienone is 3. The van der Waals surface area contributed by atoms with Gasteiger partial charge in [-0.15, -0.1) is 0 Å². The molecular formula is C25H29FN4O4. The van der Waals surface area contributed by atoms with Gasteiger partial charge in [-0.1, -0.05) is 12.2 Å². The maximum atomic E-state index is 15.0. The second kappa shape index (κ2) is 10.6. The van der Waals surface area contributed by atoms with Crippen molar-refractivity contribution in [1.82, 2.24) is 9.97 Å². The quantitative estimate of drug-likeness (QED) is 0.584. The molecule has 1 fully saturated rings. The largest absolute Gasteiger partial charge is 0.497 e. The number of carboxylic acid groups (broad SMARTS) is 1. The number of benzene rings is 1. The van der Waals surface area contributed by atoms with Crippen molar-refractivity contribution >= 4 is 23.3 Å². The highest BCUT2D eigenvalue weighted by atomic mass is 19.1. The Kier molecular flexibility index (Phi) is 7.42. The molecule has 2 heterocycles. The minimum atomic E-state index is -1.54. The molecule has 0 spiro atoms. The van der Waals surface area contributed by atoms with Gasteiger partial charge >= 0.3 is 5.97 Å². The second-order valence-electron chi connectivity index (χ2n) is 8.40. The first-order chi connectivity index (χ1) is 16.5. The van der Waals surface area contributed by atoms with Crippen molar-refractivity contribution in [2.75, 3.05) is 43.2 Å². The highest BCUT2D eigenvalue weighted by Gasteiger charge is 2.35. The number of methoxy groups -OCH3 is 1. The Morgan fingerprint density at radius 3 is 2.62 bits per heavy atom. The fraction of sp³-hybridized carbons (Fsp3) is 0.400. The zero-order valence-electron chi connectivity index (χ0n) is 19.2. The first-order valence-corrected chi connectivity index (χ1v) is 11.3. The van der Waals surface area contributed by atoms with E-state index in [0.717, 1.165) is 30.0 Å². The van der Waals surface area contributed by atoms with Crippen molar-refractivity contribution < 1.29 is 23.8 Å². The molecule has 0 atom stereocenters. The topological polar surface area (TPSA) is 88.0 Å². The minimum absolute atomic E-state index is 0.218. The maximum Gasteiger partial charge on any atom is 0.329 e. The lowest BCUT2D eigenvalue weighted by Crippen LogP contribution is -2.45. The van der Waals surface area contributed by atoms with Gasteiger partial charge in [0.05, 0.1) is 26.1 Å². The Hall–Kier alpha value is -3.46. The zero-order chi connectivity index (χ0) is 24.0. The molecule has 34 heavy (non-hydrogen) atoms. The number of carboxylic acids is 1. The van der Waals surface area contributed by atoms with Crippen molar-refractivity contribution in [3.63, 3.8) is 0 Å².